The Bertz CT molecular complexity index is 1250. The Morgan fingerprint density at radius 1 is 1.09 bits per heavy atom. The standard InChI is InChI=1S/C24H23N3O4S/c1-17-8-12-23(13-9-17)32(29,30)26-16-22-11-10-21(31-22)14-20(15-25)24(28)27-18(2)19-6-4-3-5-7-19/h3-14,18,26H,16H2,1-2H3,(H,27,28)/b20-14-/t18-/m0/s1. The Hall–Kier alpha value is -3.67. The number of aryl methyl sites for hydroxylation is 1. The van der Waals surface area contributed by atoms with Crippen molar-refractivity contribution in [3.8, 4) is 6.07 Å². The average molecular weight is 450 g/mol. The van der Waals surface area contributed by atoms with Gasteiger partial charge in [-0.3, -0.25) is 4.79 Å². The molecule has 7 nitrogen and oxygen atoms in total. The molecule has 0 bridgehead atoms. The summed E-state index contributed by atoms with van der Waals surface area (Å²) < 4.78 is 32.8. The Balaban J connectivity index is 1.65. The summed E-state index contributed by atoms with van der Waals surface area (Å²) in [5.41, 5.74) is 1.76. The lowest BCUT2D eigenvalue weighted by molar-refractivity contribution is -0.117. The highest BCUT2D eigenvalue weighted by Crippen LogP contribution is 2.16. The van der Waals surface area contributed by atoms with Crippen LogP contribution in [0.5, 0.6) is 0 Å². The third-order valence-electron chi connectivity index (χ3n) is 4.75. The van der Waals surface area contributed by atoms with Gasteiger partial charge in [0.1, 0.15) is 23.2 Å². The Morgan fingerprint density at radius 3 is 2.44 bits per heavy atom. The summed E-state index contributed by atoms with van der Waals surface area (Å²) in [5.74, 6) is 0.0952. The van der Waals surface area contributed by atoms with Crippen LogP contribution in [0.3, 0.4) is 0 Å². The van der Waals surface area contributed by atoms with Gasteiger partial charge in [-0.2, -0.15) is 5.26 Å². The van der Waals surface area contributed by atoms with Crippen molar-refractivity contribution in [1.82, 2.24) is 10.0 Å². The van der Waals surface area contributed by atoms with Gasteiger partial charge in [0.2, 0.25) is 10.0 Å². The molecule has 1 atom stereocenters. The highest BCUT2D eigenvalue weighted by Gasteiger charge is 2.16. The van der Waals surface area contributed by atoms with Gasteiger partial charge in [0.05, 0.1) is 17.5 Å². The molecule has 0 saturated carbocycles. The first-order chi connectivity index (χ1) is 15.3. The molecule has 0 unspecified atom stereocenters. The molecule has 0 radical (unpaired) electrons. The minimum atomic E-state index is -3.69. The van der Waals surface area contributed by atoms with E-state index < -0.39 is 15.9 Å². The van der Waals surface area contributed by atoms with Crippen LogP contribution in [-0.4, -0.2) is 14.3 Å². The molecule has 1 amide bonds. The van der Waals surface area contributed by atoms with Crippen molar-refractivity contribution >= 4 is 22.0 Å². The number of hydrogen-bond acceptors (Lipinski definition) is 5. The number of benzene rings is 2. The minimum Gasteiger partial charge on any atom is -0.460 e. The first-order valence-electron chi connectivity index (χ1n) is 9.91. The number of carbonyl (C=O) groups is 1. The maximum absolute atomic E-state index is 12.5. The van der Waals surface area contributed by atoms with Gasteiger partial charge in [-0.05, 0) is 43.7 Å². The third-order valence-corrected chi connectivity index (χ3v) is 6.17. The predicted molar refractivity (Wildman–Crippen MR) is 121 cm³/mol. The fourth-order valence-electron chi connectivity index (χ4n) is 2.92. The maximum atomic E-state index is 12.5. The second-order valence-electron chi connectivity index (χ2n) is 7.22. The first kappa shape index (κ1) is 23.0. The second-order valence-corrected chi connectivity index (χ2v) is 8.98. The van der Waals surface area contributed by atoms with Gasteiger partial charge in [-0.15, -0.1) is 0 Å². The van der Waals surface area contributed by atoms with Crippen LogP contribution in [0.1, 0.15) is 35.6 Å². The van der Waals surface area contributed by atoms with Crippen LogP contribution in [0.2, 0.25) is 0 Å². The molecule has 2 N–H and O–H groups in total. The number of nitrogens with zero attached hydrogens (tertiary/aromatic N) is 1. The normalized spacial score (nSPS) is 12.7. The van der Waals surface area contributed by atoms with Crippen LogP contribution in [0.15, 0.2) is 81.6 Å². The van der Waals surface area contributed by atoms with Crippen LogP contribution in [-0.2, 0) is 21.4 Å². The van der Waals surface area contributed by atoms with E-state index in [1.165, 1.54) is 18.2 Å². The number of hydrogen-bond donors (Lipinski definition) is 2. The van der Waals surface area contributed by atoms with Gasteiger partial charge in [0.25, 0.3) is 5.91 Å². The summed E-state index contributed by atoms with van der Waals surface area (Å²) in [6.45, 7) is 3.64. The highest BCUT2D eigenvalue weighted by atomic mass is 32.2. The van der Waals surface area contributed by atoms with Gasteiger partial charge in [-0.25, -0.2) is 13.1 Å². The fraction of sp³-hybridized carbons (Fsp3) is 0.167. The lowest BCUT2D eigenvalue weighted by Gasteiger charge is -2.13. The van der Waals surface area contributed by atoms with E-state index >= 15 is 0 Å². The summed E-state index contributed by atoms with van der Waals surface area (Å²) in [4.78, 5) is 12.6. The molecule has 0 aliphatic carbocycles. The molecule has 1 aromatic heterocycles. The molecule has 0 saturated heterocycles. The topological polar surface area (TPSA) is 112 Å². The number of nitriles is 1. The van der Waals surface area contributed by atoms with Crippen LogP contribution in [0, 0.1) is 18.3 Å². The molecule has 32 heavy (non-hydrogen) atoms. The number of furan rings is 1. The van der Waals surface area contributed by atoms with Crippen molar-refractivity contribution in [2.24, 2.45) is 0 Å². The Labute approximate surface area is 187 Å². The number of sulfonamides is 1. The molecule has 0 aliphatic rings. The van der Waals surface area contributed by atoms with Crippen molar-refractivity contribution < 1.29 is 17.6 Å². The highest BCUT2D eigenvalue weighted by molar-refractivity contribution is 7.89. The second kappa shape index (κ2) is 10.1. The van der Waals surface area contributed by atoms with E-state index in [1.54, 1.807) is 24.3 Å². The smallest absolute Gasteiger partial charge is 0.262 e. The zero-order chi connectivity index (χ0) is 23.1. The molecular weight excluding hydrogens is 426 g/mol. The molecule has 8 heteroatoms. The third kappa shape index (κ3) is 5.94. The zero-order valence-corrected chi connectivity index (χ0v) is 18.5. The van der Waals surface area contributed by atoms with Gasteiger partial charge in [0, 0.05) is 6.08 Å². The van der Waals surface area contributed by atoms with Crippen molar-refractivity contribution in [1.29, 1.82) is 5.26 Å². The molecule has 0 aliphatic heterocycles. The summed E-state index contributed by atoms with van der Waals surface area (Å²) >= 11 is 0. The minimum absolute atomic E-state index is 0.0663. The van der Waals surface area contributed by atoms with E-state index in [2.05, 4.69) is 10.0 Å². The van der Waals surface area contributed by atoms with Crippen molar-refractivity contribution in [3.63, 3.8) is 0 Å². The van der Waals surface area contributed by atoms with Gasteiger partial charge in [0.15, 0.2) is 0 Å². The van der Waals surface area contributed by atoms with Gasteiger partial charge in [-0.1, -0.05) is 48.0 Å². The SMILES string of the molecule is Cc1ccc(S(=O)(=O)NCc2ccc(/C=C(/C#N)C(=O)N[C@@H](C)c3ccccc3)o2)cc1. The van der Waals surface area contributed by atoms with Crippen LogP contribution in [0.4, 0.5) is 0 Å². The largest absolute Gasteiger partial charge is 0.460 e. The first-order valence-corrected chi connectivity index (χ1v) is 11.4. The predicted octanol–water partition coefficient (Wildman–Crippen LogP) is 3.85. The molecular formula is C24H23N3O4S. The molecule has 3 aromatic rings. The quantitative estimate of drug-likeness (QED) is 0.401. The summed E-state index contributed by atoms with van der Waals surface area (Å²) in [6, 6.07) is 20.7. The summed E-state index contributed by atoms with van der Waals surface area (Å²) in [5, 5.41) is 12.2. The molecule has 1 heterocycles. The lowest BCUT2D eigenvalue weighted by atomic mass is 10.1. The zero-order valence-electron chi connectivity index (χ0n) is 17.7. The molecule has 164 valence electrons. The molecule has 0 fully saturated rings. The van der Waals surface area contributed by atoms with Crippen molar-refractivity contribution in [3.05, 3.63) is 95.0 Å². The van der Waals surface area contributed by atoms with E-state index in [0.29, 0.717) is 5.76 Å². The van der Waals surface area contributed by atoms with E-state index in [4.69, 9.17) is 4.42 Å². The Kier molecular flexibility index (Phi) is 7.25. The number of rotatable bonds is 8. The van der Waals surface area contributed by atoms with Crippen LogP contribution in [0.25, 0.3) is 6.08 Å². The summed E-state index contributed by atoms with van der Waals surface area (Å²) in [7, 11) is -3.69. The van der Waals surface area contributed by atoms with Crippen LogP contribution < -0.4 is 10.0 Å². The summed E-state index contributed by atoms with van der Waals surface area (Å²) in [6.07, 6.45) is 1.32. The van der Waals surface area contributed by atoms with Gasteiger partial charge < -0.3 is 9.73 Å². The monoisotopic (exact) mass is 449 g/mol. The van der Waals surface area contributed by atoms with E-state index in [-0.39, 0.29) is 28.8 Å². The van der Waals surface area contributed by atoms with Gasteiger partial charge >= 0.3 is 0 Å². The van der Waals surface area contributed by atoms with Crippen molar-refractivity contribution in [2.45, 2.75) is 31.3 Å². The van der Waals surface area contributed by atoms with Crippen LogP contribution >= 0.6 is 0 Å². The average Bonchev–Trinajstić information content (AvgIpc) is 3.24. The Morgan fingerprint density at radius 2 is 1.78 bits per heavy atom. The van der Waals surface area contributed by atoms with E-state index in [1.807, 2.05) is 50.2 Å². The van der Waals surface area contributed by atoms with E-state index in [9.17, 15) is 18.5 Å². The molecule has 3 rings (SSSR count). The number of amides is 1. The van der Waals surface area contributed by atoms with E-state index in [0.717, 1.165) is 11.1 Å². The van der Waals surface area contributed by atoms with Crippen molar-refractivity contribution in [2.75, 3.05) is 0 Å². The lowest BCUT2D eigenvalue weighted by Crippen LogP contribution is -2.27. The maximum Gasteiger partial charge on any atom is 0.262 e. The number of carbonyl (C=O) groups excluding carboxylic acids is 1. The molecule has 2 aromatic carbocycles. The molecule has 0 spiro atoms. The number of nitrogens with one attached hydrogen (secondary N) is 2. The fourth-order valence-corrected chi connectivity index (χ4v) is 3.92.